The van der Waals surface area contributed by atoms with Crippen molar-refractivity contribution in [3.8, 4) is 60.0 Å². The molecule has 73 heavy (non-hydrogen) atoms. The number of carbonyl (C=O) groups excluding carboxylic acids is 4. The molecule has 4 heterocycles. The molecule has 16 heteroatoms. The van der Waals surface area contributed by atoms with Crippen molar-refractivity contribution >= 4 is 24.4 Å². The number of aromatic nitrogens is 4. The van der Waals surface area contributed by atoms with Gasteiger partial charge in [-0.25, -0.2) is 14.8 Å². The van der Waals surface area contributed by atoms with Gasteiger partial charge in [0.15, 0.2) is 0 Å². The van der Waals surface area contributed by atoms with E-state index in [0.717, 1.165) is 84.5 Å². The molecule has 0 spiro atoms. The van der Waals surface area contributed by atoms with Crippen LogP contribution in [0.5, 0.6) is 0 Å². The van der Waals surface area contributed by atoms with E-state index in [1.807, 2.05) is 85.4 Å². The summed E-state index contributed by atoms with van der Waals surface area (Å²) in [5, 5.41) is 6.16. The summed E-state index contributed by atoms with van der Waals surface area (Å²) in [5.74, 6) is 8.26. The summed E-state index contributed by atoms with van der Waals surface area (Å²) in [7, 11) is 4.52. The molecule has 392 valence electrons. The number of nitrogens with one attached hydrogen (secondary N) is 4. The summed E-state index contributed by atoms with van der Waals surface area (Å²) in [6.07, 6.45) is 26.6. The Morgan fingerprint density at radius 1 is 0.712 bits per heavy atom. The van der Waals surface area contributed by atoms with Crippen LogP contribution in [0.4, 0.5) is 4.79 Å². The molecular weight excluding hydrogens is 925 g/mol. The highest BCUT2D eigenvalue weighted by Gasteiger charge is 2.44. The Morgan fingerprint density at radius 3 is 1.42 bits per heavy atom. The van der Waals surface area contributed by atoms with E-state index in [1.54, 1.807) is 6.20 Å². The average molecular weight is 1000 g/mol. The number of alkyl carbamates (subject to hydrolysis) is 1. The van der Waals surface area contributed by atoms with Crippen LogP contribution in [0, 0.1) is 60.2 Å². The van der Waals surface area contributed by atoms with Crippen molar-refractivity contribution < 1.29 is 38.1 Å². The zero-order valence-electron chi connectivity index (χ0n) is 43.8. The van der Waals surface area contributed by atoms with E-state index in [0.29, 0.717) is 71.2 Å². The molecule has 4 N–H and O–H groups in total. The van der Waals surface area contributed by atoms with Crippen LogP contribution in [0.15, 0.2) is 60.9 Å². The molecule has 16 nitrogen and oxygen atoms in total. The number of hydrogen-bond acceptors (Lipinski definition) is 11. The quantitative estimate of drug-likeness (QED) is 0.0602. The van der Waals surface area contributed by atoms with E-state index < -0.39 is 12.1 Å². The maximum atomic E-state index is 14.2. The van der Waals surface area contributed by atoms with Gasteiger partial charge < -0.3 is 49.3 Å². The van der Waals surface area contributed by atoms with E-state index in [9.17, 15) is 14.4 Å². The van der Waals surface area contributed by atoms with Gasteiger partial charge in [0.25, 0.3) is 6.47 Å². The number of rotatable bonds is 17. The molecule has 8 rings (SSSR count). The standard InChI is InChI=1S/C49H62N8O6.C2H4O2.C2H6.2C2H2/c1-48(19-20-48)31-56(45(58)43(50-3)37-15-23-62-24-16-37)29-41-51-27-39(53-41)35-11-7-33(8-12-35)5-6-34-9-13-36(14-10-34)40-28-52-42(54-40)30-57(32-49(2)21-22-49)46(59)44(55-47(60)61-4)38-17-25-63-26-18-38;1-4-2-3;3*1-2/h7-14,27-28,37-38,43-44,50H,15-26,29-32H2,1-4H3,(H,51,53)(H,52,54)(H,55,60);2H,1H3;1-2H3;2*1-2H. The number of imidazole rings is 2. The number of benzene rings is 2. The van der Waals surface area contributed by atoms with Crippen LogP contribution in [0.1, 0.15) is 102 Å². The number of H-pyrrole nitrogens is 2. The molecule has 2 aromatic heterocycles. The van der Waals surface area contributed by atoms with Gasteiger partial charge in [-0.2, -0.15) is 0 Å². The predicted octanol–water partition coefficient (Wildman–Crippen LogP) is 7.60. The third kappa shape index (κ3) is 17.7. The van der Waals surface area contributed by atoms with Crippen molar-refractivity contribution in [3.05, 3.63) is 83.7 Å². The SMILES string of the molecule is C#C.C#C.CC.CNC(C(=O)N(Cc1ncc(-c2ccc(C#Cc3ccc(-c4cnc(CN(CC5(C)CC5)C(=O)C(NC(=O)OC)C5CCOCC5)[nH]4)cc3)cc2)[nH]1)CC1(C)CC1)C1CCOCC1.COC=O. The smallest absolute Gasteiger partial charge is 0.407 e. The highest BCUT2D eigenvalue weighted by Crippen LogP contribution is 2.46. The second-order valence-electron chi connectivity index (χ2n) is 19.0. The summed E-state index contributed by atoms with van der Waals surface area (Å²) in [6, 6.07) is 15.2. The van der Waals surface area contributed by atoms with Crippen LogP contribution in [-0.4, -0.2) is 127 Å². The summed E-state index contributed by atoms with van der Waals surface area (Å²) in [4.78, 5) is 69.5. The van der Waals surface area contributed by atoms with Crippen molar-refractivity contribution in [1.29, 1.82) is 0 Å². The first-order chi connectivity index (χ1) is 35.4. The fourth-order valence-corrected chi connectivity index (χ4v) is 8.86. The van der Waals surface area contributed by atoms with Gasteiger partial charge in [0.1, 0.15) is 17.7 Å². The number of likely N-dealkylation sites (N-methyl/N-ethyl adjacent to an activating group) is 1. The van der Waals surface area contributed by atoms with Crippen molar-refractivity contribution in [2.75, 3.05) is 60.8 Å². The lowest BCUT2D eigenvalue weighted by Gasteiger charge is -2.34. The van der Waals surface area contributed by atoms with E-state index in [1.165, 1.54) is 14.2 Å². The third-order valence-electron chi connectivity index (χ3n) is 13.5. The van der Waals surface area contributed by atoms with Crippen molar-refractivity contribution in [2.45, 2.75) is 104 Å². The van der Waals surface area contributed by atoms with Crippen LogP contribution in [0.2, 0.25) is 0 Å². The van der Waals surface area contributed by atoms with Gasteiger partial charge in [0.2, 0.25) is 11.8 Å². The van der Waals surface area contributed by atoms with Crippen molar-refractivity contribution in [3.63, 3.8) is 0 Å². The lowest BCUT2D eigenvalue weighted by molar-refractivity contribution is -0.138. The largest absolute Gasteiger partial charge is 0.471 e. The van der Waals surface area contributed by atoms with E-state index in [-0.39, 0.29) is 40.5 Å². The van der Waals surface area contributed by atoms with Gasteiger partial charge in [-0.15, -0.1) is 25.7 Å². The summed E-state index contributed by atoms with van der Waals surface area (Å²) < 4.78 is 19.9. The molecule has 2 aromatic carbocycles. The second kappa shape index (κ2) is 29.6. The number of ether oxygens (including phenoxy) is 4. The monoisotopic (exact) mass is 1000 g/mol. The first-order valence-corrected chi connectivity index (χ1v) is 25.1. The van der Waals surface area contributed by atoms with E-state index in [4.69, 9.17) is 24.0 Å². The molecule has 2 aliphatic heterocycles. The molecule has 0 radical (unpaired) electrons. The molecule has 0 bridgehead atoms. The number of hydrogen-bond donors (Lipinski definition) is 4. The highest BCUT2D eigenvalue weighted by atomic mass is 16.5. The summed E-state index contributed by atoms with van der Waals surface area (Å²) in [6.45, 7) is 13.4. The predicted molar refractivity (Wildman–Crippen MR) is 283 cm³/mol. The molecule has 2 unspecified atom stereocenters. The molecule has 2 saturated heterocycles. The zero-order chi connectivity index (χ0) is 53.4. The van der Waals surface area contributed by atoms with Gasteiger partial charge in [0, 0.05) is 50.6 Å². The molecule has 2 saturated carbocycles. The lowest BCUT2D eigenvalue weighted by Crippen LogP contribution is -2.54. The first kappa shape index (κ1) is 58.7. The number of carbonyl (C=O) groups is 4. The number of methoxy groups -OCH3 is 2. The Balaban J connectivity index is 0.00000108. The minimum atomic E-state index is -0.699. The Labute approximate surface area is 432 Å². The van der Waals surface area contributed by atoms with Gasteiger partial charge in [-0.05, 0) is 116 Å². The van der Waals surface area contributed by atoms with Gasteiger partial charge in [-0.3, -0.25) is 14.4 Å². The topological polar surface area (TPSA) is 193 Å². The zero-order valence-corrected chi connectivity index (χ0v) is 43.8. The average Bonchev–Trinajstić information content (AvgIpc) is 4.21. The van der Waals surface area contributed by atoms with Crippen LogP contribution in [-0.2, 0) is 46.4 Å². The Kier molecular flexibility index (Phi) is 23.8. The first-order valence-electron chi connectivity index (χ1n) is 25.1. The van der Waals surface area contributed by atoms with Gasteiger partial charge >= 0.3 is 6.09 Å². The van der Waals surface area contributed by atoms with Crippen molar-refractivity contribution in [2.24, 2.45) is 22.7 Å². The highest BCUT2D eigenvalue weighted by molar-refractivity contribution is 5.86. The second-order valence-corrected chi connectivity index (χ2v) is 19.0. The van der Waals surface area contributed by atoms with Crippen LogP contribution in [0.3, 0.4) is 0 Å². The van der Waals surface area contributed by atoms with Crippen LogP contribution >= 0.6 is 0 Å². The van der Waals surface area contributed by atoms with Crippen molar-refractivity contribution in [1.82, 2.24) is 40.4 Å². The normalized spacial score (nSPS) is 16.8. The molecule has 4 aliphatic rings. The minimum absolute atomic E-state index is 0.0368. The minimum Gasteiger partial charge on any atom is -0.471 e. The van der Waals surface area contributed by atoms with E-state index >= 15 is 0 Å². The van der Waals surface area contributed by atoms with Gasteiger partial charge in [0.05, 0.1) is 57.1 Å². The molecule has 4 fully saturated rings. The van der Waals surface area contributed by atoms with Gasteiger partial charge in [-0.1, -0.05) is 63.8 Å². The third-order valence-corrected chi connectivity index (χ3v) is 13.5. The Hall–Kier alpha value is -6.90. The summed E-state index contributed by atoms with van der Waals surface area (Å²) in [5.41, 5.74) is 5.69. The molecule has 2 aliphatic carbocycles. The number of nitrogens with zero attached hydrogens (tertiary/aromatic N) is 4. The maximum Gasteiger partial charge on any atom is 0.407 e. The molecular formula is C57H76N8O8. The number of amides is 3. The maximum absolute atomic E-state index is 14.2. The Bertz CT molecular complexity index is 2420. The fraction of sp³-hybridized carbons (Fsp3) is 0.509. The van der Waals surface area contributed by atoms with Crippen LogP contribution < -0.4 is 10.6 Å². The van der Waals surface area contributed by atoms with E-state index in [2.05, 4.69) is 81.7 Å². The number of aromatic amines is 2. The lowest BCUT2D eigenvalue weighted by atomic mass is 9.90. The molecule has 2 atom stereocenters. The van der Waals surface area contributed by atoms with Crippen LogP contribution in [0.25, 0.3) is 22.5 Å². The molecule has 3 amide bonds. The Morgan fingerprint density at radius 2 is 1.08 bits per heavy atom. The summed E-state index contributed by atoms with van der Waals surface area (Å²) >= 11 is 0. The molecule has 4 aromatic rings. The number of terminal acetylenes is 2. The fourth-order valence-electron chi connectivity index (χ4n) is 8.86.